The second-order valence-electron chi connectivity index (χ2n) is 10.4. The van der Waals surface area contributed by atoms with Crippen molar-refractivity contribution in [3.63, 3.8) is 0 Å². The van der Waals surface area contributed by atoms with Crippen molar-refractivity contribution < 1.29 is 31.7 Å². The number of aromatic nitrogens is 2. The van der Waals surface area contributed by atoms with Crippen LogP contribution in [-0.2, 0) is 36.8 Å². The van der Waals surface area contributed by atoms with E-state index >= 15 is 0 Å². The maximum Gasteiger partial charge on any atom is 0.435 e. The Bertz CT molecular complexity index is 1630. The summed E-state index contributed by atoms with van der Waals surface area (Å²) in [6, 6.07) is 22.8. The van der Waals surface area contributed by atoms with Gasteiger partial charge in [-0.1, -0.05) is 72.8 Å². The van der Waals surface area contributed by atoms with Gasteiger partial charge in [0.2, 0.25) is 0 Å². The standard InChI is InChI=1S/C30H33N3O7S/c1-30(2,3)40-29(35)33-25-17-11-10-16-24(25)27(32-33)26(31-28(34)38-20-21-12-6-5-7-13-21)23-15-9-8-14-22(23)18-19-39-41(4,36)37/h5-17,26H,18-20H2,1-4H3,(H,31,34)/t26-/m0/s1. The molecule has 4 aromatic rings. The number of hydrogen-bond donors (Lipinski definition) is 1. The summed E-state index contributed by atoms with van der Waals surface area (Å²) in [4.78, 5) is 26.3. The molecule has 0 saturated heterocycles. The fourth-order valence-electron chi connectivity index (χ4n) is 4.27. The normalized spacial score (nSPS) is 12.6. The Hall–Kier alpha value is -4.22. The van der Waals surface area contributed by atoms with Gasteiger partial charge in [-0.05, 0) is 49.9 Å². The van der Waals surface area contributed by atoms with Crippen LogP contribution in [0.4, 0.5) is 9.59 Å². The summed E-state index contributed by atoms with van der Waals surface area (Å²) < 4.78 is 40.4. The summed E-state index contributed by atoms with van der Waals surface area (Å²) >= 11 is 0. The Morgan fingerprint density at radius 3 is 2.32 bits per heavy atom. The van der Waals surface area contributed by atoms with Gasteiger partial charge in [-0.3, -0.25) is 4.18 Å². The van der Waals surface area contributed by atoms with Crippen LogP contribution in [0.2, 0.25) is 0 Å². The van der Waals surface area contributed by atoms with Crippen molar-refractivity contribution in [2.45, 2.75) is 45.4 Å². The summed E-state index contributed by atoms with van der Waals surface area (Å²) in [5.74, 6) is 0. The Labute approximate surface area is 239 Å². The monoisotopic (exact) mass is 579 g/mol. The van der Waals surface area contributed by atoms with Crippen LogP contribution in [-0.4, -0.2) is 48.8 Å². The van der Waals surface area contributed by atoms with Gasteiger partial charge in [0.05, 0.1) is 24.1 Å². The number of nitrogens with zero attached hydrogens (tertiary/aromatic N) is 2. The maximum atomic E-state index is 13.1. The van der Waals surface area contributed by atoms with Crippen molar-refractivity contribution in [1.29, 1.82) is 0 Å². The zero-order valence-corrected chi connectivity index (χ0v) is 24.2. The fourth-order valence-corrected chi connectivity index (χ4v) is 4.66. The van der Waals surface area contributed by atoms with E-state index in [4.69, 9.17) is 13.7 Å². The fraction of sp³-hybridized carbons (Fsp3) is 0.300. The van der Waals surface area contributed by atoms with E-state index in [9.17, 15) is 18.0 Å². The molecule has 4 rings (SSSR count). The van der Waals surface area contributed by atoms with Gasteiger partial charge >= 0.3 is 12.2 Å². The number of benzene rings is 3. The molecule has 1 N–H and O–H groups in total. The number of carbonyl (C=O) groups is 2. The molecule has 1 atom stereocenters. The molecule has 41 heavy (non-hydrogen) atoms. The number of nitrogens with one attached hydrogen (secondary N) is 1. The number of alkyl carbamates (subject to hydrolysis) is 1. The third kappa shape index (κ3) is 8.15. The lowest BCUT2D eigenvalue weighted by Crippen LogP contribution is -2.32. The van der Waals surface area contributed by atoms with Gasteiger partial charge in [0.1, 0.15) is 18.2 Å². The molecule has 0 fully saturated rings. The molecular formula is C30H33N3O7S. The van der Waals surface area contributed by atoms with E-state index in [1.807, 2.05) is 48.5 Å². The third-order valence-electron chi connectivity index (χ3n) is 5.97. The highest BCUT2D eigenvalue weighted by atomic mass is 32.2. The minimum Gasteiger partial charge on any atom is -0.445 e. The minimum atomic E-state index is -3.64. The number of ether oxygens (including phenoxy) is 2. The Morgan fingerprint density at radius 1 is 0.951 bits per heavy atom. The molecule has 0 aliphatic carbocycles. The summed E-state index contributed by atoms with van der Waals surface area (Å²) in [6.07, 6.45) is -0.135. The number of para-hydroxylation sites is 1. The van der Waals surface area contributed by atoms with Crippen LogP contribution in [0.25, 0.3) is 10.9 Å². The Kier molecular flexibility index (Phi) is 9.09. The van der Waals surface area contributed by atoms with Crippen LogP contribution in [0, 0.1) is 0 Å². The molecule has 10 nitrogen and oxygen atoms in total. The first kappa shape index (κ1) is 29.8. The van der Waals surface area contributed by atoms with Crippen molar-refractivity contribution in [3.8, 4) is 0 Å². The molecular weight excluding hydrogens is 546 g/mol. The SMILES string of the molecule is CC(C)(C)OC(=O)n1nc([C@@H](NC(=O)OCc2ccccc2)c2ccccc2CCOS(C)(=O)=O)c2ccccc21. The average Bonchev–Trinajstić information content (AvgIpc) is 3.30. The van der Waals surface area contributed by atoms with Gasteiger partial charge in [0, 0.05) is 5.39 Å². The lowest BCUT2D eigenvalue weighted by Gasteiger charge is -2.21. The average molecular weight is 580 g/mol. The topological polar surface area (TPSA) is 126 Å². The van der Waals surface area contributed by atoms with E-state index in [0.717, 1.165) is 17.4 Å². The van der Waals surface area contributed by atoms with Crippen LogP contribution in [0.3, 0.4) is 0 Å². The lowest BCUT2D eigenvalue weighted by atomic mass is 9.95. The van der Waals surface area contributed by atoms with E-state index in [-0.39, 0.29) is 19.6 Å². The predicted octanol–water partition coefficient (Wildman–Crippen LogP) is 5.35. The third-order valence-corrected chi connectivity index (χ3v) is 6.56. The van der Waals surface area contributed by atoms with Crippen molar-refractivity contribution in [2.75, 3.05) is 12.9 Å². The zero-order chi connectivity index (χ0) is 29.6. The molecule has 0 unspecified atom stereocenters. The van der Waals surface area contributed by atoms with Gasteiger partial charge in [0.15, 0.2) is 0 Å². The molecule has 0 saturated carbocycles. The first-order valence-corrected chi connectivity index (χ1v) is 14.8. The summed E-state index contributed by atoms with van der Waals surface area (Å²) in [6.45, 7) is 5.25. The van der Waals surface area contributed by atoms with Crippen LogP contribution >= 0.6 is 0 Å². The number of amides is 1. The zero-order valence-electron chi connectivity index (χ0n) is 23.4. The van der Waals surface area contributed by atoms with Crippen LogP contribution in [0.5, 0.6) is 0 Å². The molecule has 0 radical (unpaired) electrons. The number of fused-ring (bicyclic) bond motifs is 1. The molecule has 11 heteroatoms. The van der Waals surface area contributed by atoms with Crippen molar-refractivity contribution in [1.82, 2.24) is 15.1 Å². The molecule has 216 valence electrons. The second kappa shape index (κ2) is 12.5. The van der Waals surface area contributed by atoms with E-state index in [1.54, 1.807) is 51.1 Å². The Morgan fingerprint density at radius 2 is 1.61 bits per heavy atom. The summed E-state index contributed by atoms with van der Waals surface area (Å²) in [5, 5.41) is 8.16. The minimum absolute atomic E-state index is 0.0519. The van der Waals surface area contributed by atoms with Gasteiger partial charge < -0.3 is 14.8 Å². The van der Waals surface area contributed by atoms with Crippen molar-refractivity contribution in [3.05, 3.63) is 101 Å². The predicted molar refractivity (Wildman–Crippen MR) is 154 cm³/mol. The number of hydrogen-bond acceptors (Lipinski definition) is 8. The Balaban J connectivity index is 1.75. The van der Waals surface area contributed by atoms with Crippen LogP contribution in [0.15, 0.2) is 78.9 Å². The molecule has 0 spiro atoms. The van der Waals surface area contributed by atoms with Crippen LogP contribution < -0.4 is 5.32 Å². The lowest BCUT2D eigenvalue weighted by molar-refractivity contribution is 0.0521. The molecule has 0 aliphatic rings. The van der Waals surface area contributed by atoms with Crippen molar-refractivity contribution >= 4 is 33.2 Å². The van der Waals surface area contributed by atoms with Gasteiger partial charge in [-0.25, -0.2) is 9.59 Å². The van der Waals surface area contributed by atoms with Crippen molar-refractivity contribution in [2.24, 2.45) is 0 Å². The van der Waals surface area contributed by atoms with Gasteiger partial charge in [-0.2, -0.15) is 18.2 Å². The van der Waals surface area contributed by atoms with Gasteiger partial charge in [-0.15, -0.1) is 0 Å². The van der Waals surface area contributed by atoms with E-state index in [2.05, 4.69) is 10.4 Å². The molecule has 1 aromatic heterocycles. The summed E-state index contributed by atoms with van der Waals surface area (Å²) in [7, 11) is -3.64. The smallest absolute Gasteiger partial charge is 0.435 e. The maximum absolute atomic E-state index is 13.1. The molecule has 1 amide bonds. The quantitative estimate of drug-likeness (QED) is 0.263. The first-order valence-electron chi connectivity index (χ1n) is 13.0. The largest absolute Gasteiger partial charge is 0.445 e. The van der Waals surface area contributed by atoms with E-state index in [1.165, 1.54) is 4.68 Å². The molecule has 1 heterocycles. The highest BCUT2D eigenvalue weighted by molar-refractivity contribution is 7.85. The van der Waals surface area contributed by atoms with Gasteiger partial charge in [0.25, 0.3) is 10.1 Å². The molecule has 0 aliphatic heterocycles. The highest BCUT2D eigenvalue weighted by Crippen LogP contribution is 2.31. The highest BCUT2D eigenvalue weighted by Gasteiger charge is 2.29. The second-order valence-corrected chi connectivity index (χ2v) is 12.1. The molecule has 0 bridgehead atoms. The van der Waals surface area contributed by atoms with E-state index < -0.39 is 33.9 Å². The van der Waals surface area contributed by atoms with Crippen LogP contribution in [0.1, 0.15) is 49.2 Å². The summed E-state index contributed by atoms with van der Waals surface area (Å²) in [5.41, 5.74) is 2.31. The number of carbonyl (C=O) groups excluding carboxylic acids is 2. The number of rotatable bonds is 9. The molecule has 3 aromatic carbocycles. The first-order chi connectivity index (χ1) is 19.4. The van der Waals surface area contributed by atoms with E-state index in [0.29, 0.717) is 22.2 Å².